The number of alkyl halides is 3. The topological polar surface area (TPSA) is 55.6 Å². The highest BCUT2D eigenvalue weighted by Crippen LogP contribution is 2.42. The molecular weight excluding hydrogens is 417 g/mol. The molecule has 0 atom stereocenters. The molecule has 10 heteroatoms. The second-order valence-electron chi connectivity index (χ2n) is 7.30. The second-order valence-corrected chi connectivity index (χ2v) is 7.30. The van der Waals surface area contributed by atoms with Crippen LogP contribution in [0, 0.1) is 11.6 Å². The van der Waals surface area contributed by atoms with Gasteiger partial charge in [0.1, 0.15) is 17.2 Å². The number of benzene rings is 2. The Morgan fingerprint density at radius 2 is 1.71 bits per heavy atom. The number of hydrogen-bond donors (Lipinski definition) is 1. The van der Waals surface area contributed by atoms with E-state index in [4.69, 9.17) is 0 Å². The number of halogens is 5. The molecule has 0 bridgehead atoms. The predicted octanol–water partition coefficient (Wildman–Crippen LogP) is 5.73. The van der Waals surface area contributed by atoms with Crippen LogP contribution in [0.15, 0.2) is 48.8 Å². The first kappa shape index (κ1) is 19.4. The van der Waals surface area contributed by atoms with Gasteiger partial charge in [0, 0.05) is 23.7 Å². The average molecular weight is 431 g/mol. The van der Waals surface area contributed by atoms with Crippen molar-refractivity contribution >= 4 is 22.5 Å². The van der Waals surface area contributed by atoms with Crippen molar-refractivity contribution < 1.29 is 22.0 Å². The van der Waals surface area contributed by atoms with E-state index >= 15 is 0 Å². The molecule has 0 saturated heterocycles. The molecule has 0 spiro atoms. The summed E-state index contributed by atoms with van der Waals surface area (Å²) in [6.07, 6.45) is 0.172. The Balaban J connectivity index is 1.54. The molecule has 0 radical (unpaired) electrons. The van der Waals surface area contributed by atoms with Crippen LogP contribution in [0.1, 0.15) is 30.1 Å². The summed E-state index contributed by atoms with van der Waals surface area (Å²) >= 11 is 0. The Hall–Kier alpha value is -3.56. The highest BCUT2D eigenvalue weighted by atomic mass is 19.4. The summed E-state index contributed by atoms with van der Waals surface area (Å²) in [5.74, 6) is -0.254. The molecule has 1 saturated carbocycles. The van der Waals surface area contributed by atoms with Crippen LogP contribution in [-0.4, -0.2) is 19.5 Å². The minimum Gasteiger partial charge on any atom is -0.339 e. The molecule has 1 aliphatic rings. The largest absolute Gasteiger partial charge is 0.416 e. The molecule has 2 heterocycles. The number of aromatic nitrogens is 4. The van der Waals surface area contributed by atoms with Gasteiger partial charge in [0.05, 0.1) is 23.5 Å². The number of anilines is 2. The number of fused-ring (bicyclic) bond motifs is 1. The Morgan fingerprint density at radius 1 is 0.968 bits per heavy atom. The van der Waals surface area contributed by atoms with E-state index in [1.807, 2.05) is 0 Å². The average Bonchev–Trinajstić information content (AvgIpc) is 3.48. The fraction of sp³-hybridized carbons (Fsp3) is 0.190. The fourth-order valence-electron chi connectivity index (χ4n) is 3.39. The highest BCUT2D eigenvalue weighted by Gasteiger charge is 2.32. The van der Waals surface area contributed by atoms with Crippen molar-refractivity contribution in [2.24, 2.45) is 0 Å². The fourth-order valence-corrected chi connectivity index (χ4v) is 3.39. The van der Waals surface area contributed by atoms with Gasteiger partial charge in [0.25, 0.3) is 0 Å². The monoisotopic (exact) mass is 431 g/mol. The van der Waals surface area contributed by atoms with Crippen LogP contribution in [0.2, 0.25) is 0 Å². The highest BCUT2D eigenvalue weighted by molar-refractivity contribution is 5.79. The minimum atomic E-state index is -4.43. The Labute approximate surface area is 172 Å². The van der Waals surface area contributed by atoms with Gasteiger partial charge in [-0.2, -0.15) is 13.2 Å². The van der Waals surface area contributed by atoms with Crippen molar-refractivity contribution in [2.45, 2.75) is 24.9 Å². The predicted molar refractivity (Wildman–Crippen MR) is 103 cm³/mol. The van der Waals surface area contributed by atoms with E-state index in [9.17, 15) is 22.0 Å². The van der Waals surface area contributed by atoms with Gasteiger partial charge in [-0.15, -0.1) is 0 Å². The van der Waals surface area contributed by atoms with Crippen LogP contribution in [0.5, 0.6) is 0 Å². The third-order valence-electron chi connectivity index (χ3n) is 4.98. The SMILES string of the molecule is Fc1cc(F)c2nc(C3CC3)n(-c3cncc(Nc4ccc(C(F)(F)F)cc4)n3)c2c1. The van der Waals surface area contributed by atoms with Gasteiger partial charge in [0.15, 0.2) is 17.5 Å². The number of hydrogen-bond acceptors (Lipinski definition) is 4. The lowest BCUT2D eigenvalue weighted by Crippen LogP contribution is -2.06. The lowest BCUT2D eigenvalue weighted by molar-refractivity contribution is -0.137. The molecule has 4 aromatic rings. The van der Waals surface area contributed by atoms with E-state index in [1.54, 1.807) is 4.57 Å². The van der Waals surface area contributed by atoms with Crippen LogP contribution in [-0.2, 0) is 6.18 Å². The first-order chi connectivity index (χ1) is 14.8. The first-order valence-corrected chi connectivity index (χ1v) is 9.44. The quantitative estimate of drug-likeness (QED) is 0.419. The van der Waals surface area contributed by atoms with E-state index in [0.29, 0.717) is 17.3 Å². The van der Waals surface area contributed by atoms with Crippen LogP contribution < -0.4 is 5.32 Å². The molecule has 158 valence electrons. The van der Waals surface area contributed by atoms with Crippen molar-refractivity contribution in [1.29, 1.82) is 0 Å². The van der Waals surface area contributed by atoms with Crippen LogP contribution in [0.3, 0.4) is 0 Å². The van der Waals surface area contributed by atoms with Crippen LogP contribution in [0.4, 0.5) is 33.5 Å². The smallest absolute Gasteiger partial charge is 0.339 e. The van der Waals surface area contributed by atoms with Crippen molar-refractivity contribution in [3.05, 3.63) is 71.8 Å². The normalized spacial score (nSPS) is 14.2. The van der Waals surface area contributed by atoms with Gasteiger partial charge in [0.2, 0.25) is 0 Å². The van der Waals surface area contributed by atoms with E-state index in [1.165, 1.54) is 30.6 Å². The van der Waals surface area contributed by atoms with Crippen molar-refractivity contribution in [2.75, 3.05) is 5.32 Å². The zero-order valence-electron chi connectivity index (χ0n) is 15.8. The molecule has 1 N–H and O–H groups in total. The molecule has 2 aromatic carbocycles. The van der Waals surface area contributed by atoms with Gasteiger partial charge in [-0.25, -0.2) is 18.7 Å². The van der Waals surface area contributed by atoms with Gasteiger partial charge in [-0.1, -0.05) is 0 Å². The summed E-state index contributed by atoms with van der Waals surface area (Å²) in [5, 5.41) is 2.90. The summed E-state index contributed by atoms with van der Waals surface area (Å²) < 4.78 is 68.0. The Kier molecular flexibility index (Phi) is 4.38. The second kappa shape index (κ2) is 7.00. The minimum absolute atomic E-state index is 0.0474. The standard InChI is InChI=1S/C21H14F5N5/c22-13-7-15(23)19-16(8-13)31(20(30-19)11-1-2-11)18-10-27-9-17(29-18)28-14-5-3-12(4-6-14)21(24,25)26/h3-11H,1-2H2,(H,28,29). The van der Waals surface area contributed by atoms with Gasteiger partial charge in [-0.3, -0.25) is 9.55 Å². The number of rotatable bonds is 4. The summed E-state index contributed by atoms with van der Waals surface area (Å²) in [7, 11) is 0. The summed E-state index contributed by atoms with van der Waals surface area (Å²) in [4.78, 5) is 12.9. The van der Waals surface area contributed by atoms with Crippen LogP contribution in [0.25, 0.3) is 16.9 Å². The molecule has 31 heavy (non-hydrogen) atoms. The molecule has 5 nitrogen and oxygen atoms in total. The maximum Gasteiger partial charge on any atom is 0.416 e. The first-order valence-electron chi connectivity index (χ1n) is 9.44. The lowest BCUT2D eigenvalue weighted by Gasteiger charge is -2.11. The van der Waals surface area contributed by atoms with Gasteiger partial charge in [-0.05, 0) is 37.1 Å². The van der Waals surface area contributed by atoms with E-state index in [2.05, 4.69) is 20.3 Å². The van der Waals surface area contributed by atoms with Crippen molar-refractivity contribution in [3.63, 3.8) is 0 Å². The third-order valence-corrected chi connectivity index (χ3v) is 4.98. The van der Waals surface area contributed by atoms with E-state index < -0.39 is 23.4 Å². The Morgan fingerprint density at radius 3 is 2.39 bits per heavy atom. The van der Waals surface area contributed by atoms with Crippen molar-refractivity contribution in [3.8, 4) is 5.82 Å². The maximum absolute atomic E-state index is 14.3. The van der Waals surface area contributed by atoms with Gasteiger partial charge < -0.3 is 5.32 Å². The summed E-state index contributed by atoms with van der Waals surface area (Å²) in [6.45, 7) is 0. The maximum atomic E-state index is 14.3. The lowest BCUT2D eigenvalue weighted by atomic mass is 10.2. The zero-order valence-corrected chi connectivity index (χ0v) is 15.8. The van der Waals surface area contributed by atoms with Gasteiger partial charge >= 0.3 is 6.18 Å². The summed E-state index contributed by atoms with van der Waals surface area (Å²) in [5.41, 5.74) is -0.0954. The van der Waals surface area contributed by atoms with Crippen LogP contribution >= 0.6 is 0 Å². The molecule has 5 rings (SSSR count). The number of nitrogens with one attached hydrogen (secondary N) is 1. The molecule has 0 aliphatic heterocycles. The molecular formula is C21H14F5N5. The molecule has 2 aromatic heterocycles. The third kappa shape index (κ3) is 3.69. The van der Waals surface area contributed by atoms with Crippen molar-refractivity contribution in [1.82, 2.24) is 19.5 Å². The Bertz CT molecular complexity index is 1280. The van der Waals surface area contributed by atoms with E-state index in [0.717, 1.165) is 31.0 Å². The molecule has 1 fully saturated rings. The number of imidazole rings is 1. The summed E-state index contributed by atoms with van der Waals surface area (Å²) in [6, 6.07) is 6.45. The zero-order chi connectivity index (χ0) is 21.8. The molecule has 1 aliphatic carbocycles. The number of nitrogens with zero attached hydrogens (tertiary/aromatic N) is 4. The molecule has 0 amide bonds. The van der Waals surface area contributed by atoms with E-state index in [-0.39, 0.29) is 22.8 Å². The molecule has 0 unspecified atom stereocenters.